The number of benzene rings is 1. The molecule has 15 heavy (non-hydrogen) atoms. The van der Waals surface area contributed by atoms with Gasteiger partial charge in [0.25, 0.3) is 0 Å². The van der Waals surface area contributed by atoms with Gasteiger partial charge < -0.3 is 9.73 Å². The molecule has 0 aliphatic heterocycles. The van der Waals surface area contributed by atoms with Crippen molar-refractivity contribution < 1.29 is 9.13 Å². The lowest BCUT2D eigenvalue weighted by atomic mass is 10.1. The van der Waals surface area contributed by atoms with E-state index in [0.29, 0.717) is 12.3 Å². The first-order chi connectivity index (χ1) is 7.13. The van der Waals surface area contributed by atoms with E-state index in [9.17, 15) is 4.39 Å². The van der Waals surface area contributed by atoms with Crippen LogP contribution in [0.25, 0.3) is 0 Å². The molecule has 0 N–H and O–H groups in total. The summed E-state index contributed by atoms with van der Waals surface area (Å²) < 4.78 is 18.5. The summed E-state index contributed by atoms with van der Waals surface area (Å²) in [6, 6.07) is 4.59. The minimum Gasteiger partial charge on any atom is -0.491 e. The van der Waals surface area contributed by atoms with Crippen LogP contribution in [-0.4, -0.2) is 19.4 Å². The molecule has 3 heteroatoms. The minimum absolute atomic E-state index is 0.0437. The van der Waals surface area contributed by atoms with E-state index in [-0.39, 0.29) is 11.9 Å². The van der Waals surface area contributed by atoms with Gasteiger partial charge in [-0.25, -0.2) is 4.39 Å². The number of nitrogens with zero attached hydrogens (tertiary/aromatic N) is 1. The van der Waals surface area contributed by atoms with Gasteiger partial charge in [0, 0.05) is 12.6 Å². The number of hydrogen-bond acceptors (Lipinski definition) is 2. The fourth-order valence-electron chi connectivity index (χ4n) is 1.30. The maximum Gasteiger partial charge on any atom is 0.126 e. The van der Waals surface area contributed by atoms with Crippen LogP contribution in [0.5, 0.6) is 5.75 Å². The van der Waals surface area contributed by atoms with E-state index in [1.54, 1.807) is 6.07 Å². The molecule has 82 valence electrons. The number of aliphatic imine (C=N–C) groups is 1. The van der Waals surface area contributed by atoms with Gasteiger partial charge in [-0.1, -0.05) is 6.07 Å². The third kappa shape index (κ3) is 3.70. The standard InChI is InChI=1S/C12H16FNO/c1-9(2)15-12-8-11(13)5-4-10(12)6-7-14-3/h4-5,8-9H,3,6-7H2,1-2H3. The Balaban J connectivity index is 2.86. The molecule has 0 aromatic heterocycles. The van der Waals surface area contributed by atoms with Crippen molar-refractivity contribution in [3.05, 3.63) is 29.6 Å². The second kappa shape index (κ2) is 5.49. The number of hydrogen-bond donors (Lipinski definition) is 0. The third-order valence-electron chi connectivity index (χ3n) is 1.93. The van der Waals surface area contributed by atoms with Crippen LogP contribution in [0.2, 0.25) is 0 Å². The normalized spacial score (nSPS) is 10.4. The van der Waals surface area contributed by atoms with E-state index in [1.807, 2.05) is 13.8 Å². The summed E-state index contributed by atoms with van der Waals surface area (Å²) in [6.07, 6.45) is 0.772. The van der Waals surface area contributed by atoms with Crippen LogP contribution >= 0.6 is 0 Å². The van der Waals surface area contributed by atoms with Crippen molar-refractivity contribution in [1.82, 2.24) is 0 Å². The molecule has 0 unspecified atom stereocenters. The Kier molecular flexibility index (Phi) is 4.28. The quantitative estimate of drug-likeness (QED) is 0.683. The maximum atomic E-state index is 13.0. The van der Waals surface area contributed by atoms with Crippen LogP contribution < -0.4 is 4.74 Å². The second-order valence-corrected chi connectivity index (χ2v) is 3.62. The Morgan fingerprint density at radius 3 is 2.80 bits per heavy atom. The Morgan fingerprint density at radius 1 is 1.47 bits per heavy atom. The Hall–Kier alpha value is -1.38. The molecule has 0 amide bonds. The third-order valence-corrected chi connectivity index (χ3v) is 1.93. The average molecular weight is 209 g/mol. The lowest BCUT2D eigenvalue weighted by Crippen LogP contribution is -2.08. The van der Waals surface area contributed by atoms with Gasteiger partial charge in [-0.05, 0) is 38.6 Å². The topological polar surface area (TPSA) is 21.6 Å². The van der Waals surface area contributed by atoms with Crippen LogP contribution in [0.3, 0.4) is 0 Å². The monoisotopic (exact) mass is 209 g/mol. The minimum atomic E-state index is -0.277. The van der Waals surface area contributed by atoms with Gasteiger partial charge in [-0.2, -0.15) is 0 Å². The largest absolute Gasteiger partial charge is 0.491 e. The average Bonchev–Trinajstić information content (AvgIpc) is 2.16. The molecule has 0 saturated heterocycles. The second-order valence-electron chi connectivity index (χ2n) is 3.62. The van der Waals surface area contributed by atoms with Crippen LogP contribution in [0, 0.1) is 5.82 Å². The molecular formula is C12H16FNO. The number of halogens is 1. The van der Waals surface area contributed by atoms with Gasteiger partial charge in [0.1, 0.15) is 11.6 Å². The highest BCUT2D eigenvalue weighted by molar-refractivity contribution is 5.35. The van der Waals surface area contributed by atoms with E-state index in [1.165, 1.54) is 12.1 Å². The van der Waals surface area contributed by atoms with Crippen LogP contribution in [0.1, 0.15) is 19.4 Å². The lowest BCUT2D eigenvalue weighted by molar-refractivity contribution is 0.239. The predicted molar refractivity (Wildman–Crippen MR) is 60.3 cm³/mol. The molecule has 0 saturated carbocycles. The van der Waals surface area contributed by atoms with E-state index < -0.39 is 0 Å². The highest BCUT2D eigenvalue weighted by atomic mass is 19.1. The van der Waals surface area contributed by atoms with Crippen molar-refractivity contribution >= 4 is 6.72 Å². The summed E-state index contributed by atoms with van der Waals surface area (Å²) in [5.74, 6) is 0.328. The van der Waals surface area contributed by atoms with Crippen molar-refractivity contribution in [3.8, 4) is 5.75 Å². The summed E-state index contributed by atoms with van der Waals surface area (Å²) in [4.78, 5) is 3.77. The highest BCUT2D eigenvalue weighted by Crippen LogP contribution is 2.21. The number of rotatable bonds is 5. The molecule has 0 bridgehead atoms. The van der Waals surface area contributed by atoms with Crippen LogP contribution in [-0.2, 0) is 6.42 Å². The first-order valence-corrected chi connectivity index (χ1v) is 5.01. The molecule has 1 aromatic rings. The molecule has 2 nitrogen and oxygen atoms in total. The fraction of sp³-hybridized carbons (Fsp3) is 0.417. The molecule has 0 spiro atoms. The molecule has 0 radical (unpaired) electrons. The van der Waals surface area contributed by atoms with Gasteiger partial charge in [-0.15, -0.1) is 0 Å². The zero-order chi connectivity index (χ0) is 11.3. The smallest absolute Gasteiger partial charge is 0.126 e. The fourth-order valence-corrected chi connectivity index (χ4v) is 1.30. The summed E-state index contributed by atoms with van der Waals surface area (Å²) in [5.41, 5.74) is 0.970. The molecule has 1 aromatic carbocycles. The zero-order valence-corrected chi connectivity index (χ0v) is 9.16. The van der Waals surface area contributed by atoms with Gasteiger partial charge >= 0.3 is 0 Å². The molecule has 0 fully saturated rings. The molecule has 1 rings (SSSR count). The highest BCUT2D eigenvalue weighted by Gasteiger charge is 2.06. The van der Waals surface area contributed by atoms with E-state index in [0.717, 1.165) is 12.0 Å². The van der Waals surface area contributed by atoms with Gasteiger partial charge in [0.2, 0.25) is 0 Å². The SMILES string of the molecule is C=NCCc1ccc(F)cc1OC(C)C. The van der Waals surface area contributed by atoms with Crippen molar-refractivity contribution in [1.29, 1.82) is 0 Å². The van der Waals surface area contributed by atoms with Crippen molar-refractivity contribution in [2.75, 3.05) is 6.54 Å². The summed E-state index contributed by atoms with van der Waals surface area (Å²) in [7, 11) is 0. The molecule has 0 heterocycles. The predicted octanol–water partition coefficient (Wildman–Crippen LogP) is 2.86. The van der Waals surface area contributed by atoms with Crippen molar-refractivity contribution in [2.24, 2.45) is 4.99 Å². The molecule has 0 atom stereocenters. The van der Waals surface area contributed by atoms with E-state index in [4.69, 9.17) is 4.74 Å². The Morgan fingerprint density at radius 2 is 2.20 bits per heavy atom. The summed E-state index contributed by atoms with van der Waals surface area (Å²) >= 11 is 0. The van der Waals surface area contributed by atoms with Crippen molar-refractivity contribution in [2.45, 2.75) is 26.4 Å². The molecule has 0 aliphatic carbocycles. The molecular weight excluding hydrogens is 193 g/mol. The lowest BCUT2D eigenvalue weighted by Gasteiger charge is -2.13. The Labute approximate surface area is 89.8 Å². The van der Waals surface area contributed by atoms with Gasteiger partial charge in [-0.3, -0.25) is 0 Å². The van der Waals surface area contributed by atoms with E-state index >= 15 is 0 Å². The summed E-state index contributed by atoms with van der Waals surface area (Å²) in [6.45, 7) is 7.88. The van der Waals surface area contributed by atoms with E-state index in [2.05, 4.69) is 11.7 Å². The summed E-state index contributed by atoms with van der Waals surface area (Å²) in [5, 5.41) is 0. The van der Waals surface area contributed by atoms with Crippen LogP contribution in [0.15, 0.2) is 23.2 Å². The molecule has 0 aliphatic rings. The van der Waals surface area contributed by atoms with Gasteiger partial charge in [0.15, 0.2) is 0 Å². The first-order valence-electron chi connectivity index (χ1n) is 5.01. The zero-order valence-electron chi connectivity index (χ0n) is 9.16. The van der Waals surface area contributed by atoms with Crippen LogP contribution in [0.4, 0.5) is 4.39 Å². The van der Waals surface area contributed by atoms with Gasteiger partial charge in [0.05, 0.1) is 6.10 Å². The first kappa shape index (κ1) is 11.7. The number of ether oxygens (including phenoxy) is 1. The maximum absolute atomic E-state index is 13.0. The van der Waals surface area contributed by atoms with Crippen molar-refractivity contribution in [3.63, 3.8) is 0 Å². The Bertz CT molecular complexity index is 336.